The number of amides is 3. The fraction of sp³-hybridized carbons (Fsp3) is 0.444. The van der Waals surface area contributed by atoms with Crippen molar-refractivity contribution in [1.29, 1.82) is 0 Å². The molecule has 4 aliphatic heterocycles. The van der Waals surface area contributed by atoms with Crippen LogP contribution in [0.5, 0.6) is 0 Å². The average molecular weight is 644 g/mol. The molecule has 0 aromatic heterocycles. The number of nitrogens with zero attached hydrogens (tertiary/aromatic N) is 2. The zero-order valence-electron chi connectivity index (χ0n) is 26.8. The van der Waals surface area contributed by atoms with Crippen LogP contribution in [0.25, 0.3) is 0 Å². The van der Waals surface area contributed by atoms with Crippen LogP contribution in [0.15, 0.2) is 72.8 Å². The molecule has 0 unspecified atom stereocenters. The SMILES string of the molecule is COC[C@@H]1NC(=O)CC/C=C\[C@@H]2O[C@@]34C=CCN(c5cc(C)ccc5C)C(=O)[C@@H]3N(CCO)C(=O)[C@H]4[C@@H]2C(=O)O[C@H]1c1ccccc1. The summed E-state index contributed by atoms with van der Waals surface area (Å²) in [5, 5.41) is 13.0. The average Bonchev–Trinajstić information content (AvgIpc) is 3.43. The summed E-state index contributed by atoms with van der Waals surface area (Å²) >= 11 is 0. The fourth-order valence-electron chi connectivity index (χ4n) is 7.46. The number of hydrogen-bond acceptors (Lipinski definition) is 8. The molecule has 2 fully saturated rings. The monoisotopic (exact) mass is 643 g/mol. The van der Waals surface area contributed by atoms with E-state index in [-0.39, 0.29) is 44.5 Å². The minimum absolute atomic E-state index is 0.0725. The maximum Gasteiger partial charge on any atom is 0.313 e. The normalized spacial score (nSPS) is 31.6. The molecule has 248 valence electrons. The van der Waals surface area contributed by atoms with Gasteiger partial charge in [0.1, 0.15) is 23.7 Å². The number of fused-ring (bicyclic) bond motifs is 2. The van der Waals surface area contributed by atoms with Crippen molar-refractivity contribution >= 4 is 29.4 Å². The fourth-order valence-corrected chi connectivity index (χ4v) is 7.46. The molecule has 1 spiro atoms. The molecule has 11 nitrogen and oxygen atoms in total. The first-order chi connectivity index (χ1) is 22.7. The molecule has 4 aliphatic rings. The van der Waals surface area contributed by atoms with Crippen molar-refractivity contribution in [2.24, 2.45) is 11.8 Å². The van der Waals surface area contributed by atoms with Crippen LogP contribution < -0.4 is 10.2 Å². The van der Waals surface area contributed by atoms with Crippen molar-refractivity contribution in [2.45, 2.75) is 56.6 Å². The van der Waals surface area contributed by atoms with Gasteiger partial charge >= 0.3 is 5.97 Å². The molecule has 6 rings (SSSR count). The minimum Gasteiger partial charge on any atom is -0.455 e. The number of hydrogen-bond donors (Lipinski definition) is 2. The molecular weight excluding hydrogens is 602 g/mol. The number of aliphatic hydroxyl groups is 1. The molecule has 2 N–H and O–H groups in total. The van der Waals surface area contributed by atoms with Crippen LogP contribution in [-0.4, -0.2) is 90.9 Å². The number of methoxy groups -OCH3 is 1. The van der Waals surface area contributed by atoms with Gasteiger partial charge in [-0.25, -0.2) is 0 Å². The first-order valence-electron chi connectivity index (χ1n) is 16.1. The predicted octanol–water partition coefficient (Wildman–Crippen LogP) is 2.55. The summed E-state index contributed by atoms with van der Waals surface area (Å²) in [6.07, 6.45) is 5.72. The molecule has 0 saturated carbocycles. The summed E-state index contributed by atoms with van der Waals surface area (Å²) in [6, 6.07) is 13.1. The third-order valence-corrected chi connectivity index (χ3v) is 9.56. The van der Waals surface area contributed by atoms with Gasteiger partial charge < -0.3 is 34.4 Å². The van der Waals surface area contributed by atoms with E-state index in [1.807, 2.05) is 56.3 Å². The highest BCUT2D eigenvalue weighted by atomic mass is 16.6. The van der Waals surface area contributed by atoms with Gasteiger partial charge in [-0.15, -0.1) is 0 Å². The summed E-state index contributed by atoms with van der Waals surface area (Å²) in [6.45, 7) is 3.69. The molecule has 47 heavy (non-hydrogen) atoms. The van der Waals surface area contributed by atoms with Crippen LogP contribution in [0.3, 0.4) is 0 Å². The highest BCUT2D eigenvalue weighted by Gasteiger charge is 2.72. The summed E-state index contributed by atoms with van der Waals surface area (Å²) in [4.78, 5) is 59.4. The van der Waals surface area contributed by atoms with E-state index >= 15 is 0 Å². The first-order valence-corrected chi connectivity index (χ1v) is 16.1. The predicted molar refractivity (Wildman–Crippen MR) is 172 cm³/mol. The number of likely N-dealkylation sites (tertiary alicyclic amines) is 1. The Labute approximate surface area is 274 Å². The molecule has 2 aromatic rings. The molecule has 0 radical (unpaired) electrons. The first kappa shape index (κ1) is 32.6. The molecule has 4 heterocycles. The van der Waals surface area contributed by atoms with Crippen LogP contribution in [0.2, 0.25) is 0 Å². The van der Waals surface area contributed by atoms with Crippen LogP contribution in [0, 0.1) is 25.7 Å². The van der Waals surface area contributed by atoms with Gasteiger partial charge in [0.2, 0.25) is 11.8 Å². The van der Waals surface area contributed by atoms with E-state index in [0.717, 1.165) is 11.1 Å². The van der Waals surface area contributed by atoms with E-state index in [0.29, 0.717) is 17.7 Å². The van der Waals surface area contributed by atoms with Crippen LogP contribution in [0.4, 0.5) is 5.69 Å². The summed E-state index contributed by atoms with van der Waals surface area (Å²) in [7, 11) is 1.50. The van der Waals surface area contributed by atoms with Crippen molar-refractivity contribution in [2.75, 3.05) is 38.3 Å². The number of carbonyl (C=O) groups excluding carboxylic acids is 4. The van der Waals surface area contributed by atoms with Gasteiger partial charge in [-0.3, -0.25) is 19.2 Å². The van der Waals surface area contributed by atoms with Gasteiger partial charge in [-0.05, 0) is 43.0 Å². The Hall–Kier alpha value is -4.32. The number of esters is 1. The largest absolute Gasteiger partial charge is 0.455 e. The second-order valence-corrected chi connectivity index (χ2v) is 12.6. The molecule has 7 atom stereocenters. The Bertz CT molecular complexity index is 1590. The standard InChI is InChI=1S/C36H41N3O8/c1-22-14-15-23(2)26(20-22)38-17-9-16-36-30(33(42)39(18-19-40)32(36)34(38)43)29-27(47-36)12-7-8-13-28(41)37-25(21-45-3)31(46-35(29)44)24-10-5-4-6-11-24/h4-7,9-12,14-16,20,25,27,29-32,40H,8,13,17-19,21H2,1-3H3,(H,37,41)/b12-7-/t25-,27-,29+,30+,31-,32-,36+/m0/s1. The van der Waals surface area contributed by atoms with E-state index in [1.54, 1.807) is 35.3 Å². The number of β-amino-alcohol motifs (C(OH)–C–C–N with tert-alkyl or cyclic N) is 1. The Morgan fingerprint density at radius 3 is 2.57 bits per heavy atom. The summed E-state index contributed by atoms with van der Waals surface area (Å²) in [5.74, 6) is -3.96. The Kier molecular flexibility index (Phi) is 9.32. The van der Waals surface area contributed by atoms with E-state index in [9.17, 15) is 24.3 Å². The third-order valence-electron chi connectivity index (χ3n) is 9.56. The quantitative estimate of drug-likeness (QED) is 0.363. The Morgan fingerprint density at radius 1 is 1.04 bits per heavy atom. The molecule has 0 bridgehead atoms. The maximum absolute atomic E-state index is 14.6. The Balaban J connectivity index is 1.44. The summed E-state index contributed by atoms with van der Waals surface area (Å²) < 4.78 is 18.4. The molecule has 0 aliphatic carbocycles. The summed E-state index contributed by atoms with van der Waals surface area (Å²) in [5.41, 5.74) is 1.73. The number of cyclic esters (lactones) is 1. The number of nitrogens with one attached hydrogen (secondary N) is 1. The van der Waals surface area contributed by atoms with Gasteiger partial charge in [0, 0.05) is 32.3 Å². The number of carbonyl (C=O) groups is 4. The van der Waals surface area contributed by atoms with Crippen LogP contribution in [0.1, 0.15) is 35.6 Å². The lowest BCUT2D eigenvalue weighted by Gasteiger charge is -2.35. The lowest BCUT2D eigenvalue weighted by molar-refractivity contribution is -0.162. The van der Waals surface area contributed by atoms with Gasteiger partial charge in [0.05, 0.1) is 31.3 Å². The zero-order valence-corrected chi connectivity index (χ0v) is 26.8. The lowest BCUT2D eigenvalue weighted by Crippen LogP contribution is -2.55. The van der Waals surface area contributed by atoms with Gasteiger partial charge in [0.25, 0.3) is 5.91 Å². The van der Waals surface area contributed by atoms with E-state index < -0.39 is 53.6 Å². The number of benzene rings is 2. The highest BCUT2D eigenvalue weighted by Crippen LogP contribution is 2.53. The minimum atomic E-state index is -1.50. The topological polar surface area (TPSA) is 135 Å². The van der Waals surface area contributed by atoms with Gasteiger partial charge in [-0.2, -0.15) is 0 Å². The number of ether oxygens (including phenoxy) is 3. The zero-order chi connectivity index (χ0) is 33.3. The van der Waals surface area contributed by atoms with Gasteiger partial charge in [0.15, 0.2) is 0 Å². The van der Waals surface area contributed by atoms with Crippen molar-refractivity contribution in [3.63, 3.8) is 0 Å². The number of anilines is 1. The molecule has 2 saturated heterocycles. The lowest BCUT2D eigenvalue weighted by atomic mass is 9.77. The van der Waals surface area contributed by atoms with E-state index in [1.165, 1.54) is 12.0 Å². The molecular formula is C36H41N3O8. The number of allylic oxidation sites excluding steroid dienone is 1. The van der Waals surface area contributed by atoms with Crippen molar-refractivity contribution in [1.82, 2.24) is 10.2 Å². The second-order valence-electron chi connectivity index (χ2n) is 12.6. The van der Waals surface area contributed by atoms with Crippen LogP contribution in [-0.2, 0) is 33.4 Å². The van der Waals surface area contributed by atoms with Crippen molar-refractivity contribution < 1.29 is 38.5 Å². The Morgan fingerprint density at radius 2 is 1.83 bits per heavy atom. The smallest absolute Gasteiger partial charge is 0.313 e. The number of aliphatic hydroxyl groups excluding tert-OH is 1. The number of aryl methyl sites for hydroxylation is 2. The second kappa shape index (κ2) is 13.4. The molecule has 2 aromatic carbocycles. The molecule has 11 heteroatoms. The van der Waals surface area contributed by atoms with Crippen LogP contribution >= 0.6 is 0 Å². The molecule has 3 amide bonds. The number of rotatable bonds is 6. The maximum atomic E-state index is 14.6. The van der Waals surface area contributed by atoms with Crippen molar-refractivity contribution in [3.8, 4) is 0 Å². The van der Waals surface area contributed by atoms with Gasteiger partial charge in [-0.1, -0.05) is 66.8 Å². The highest BCUT2D eigenvalue weighted by molar-refractivity contribution is 6.06. The van der Waals surface area contributed by atoms with Crippen molar-refractivity contribution in [3.05, 3.63) is 89.5 Å². The van der Waals surface area contributed by atoms with E-state index in [2.05, 4.69) is 5.32 Å². The third kappa shape index (κ3) is 5.88. The van der Waals surface area contributed by atoms with E-state index in [4.69, 9.17) is 14.2 Å².